The zero-order valence-electron chi connectivity index (χ0n) is 11.0. The van der Waals surface area contributed by atoms with Gasteiger partial charge in [0.05, 0.1) is 0 Å². The summed E-state index contributed by atoms with van der Waals surface area (Å²) in [5.41, 5.74) is -0.746. The van der Waals surface area contributed by atoms with Crippen LogP contribution in [0.1, 0.15) is 27.2 Å². The van der Waals surface area contributed by atoms with Crippen molar-refractivity contribution in [2.45, 2.75) is 46.3 Å². The smallest absolute Gasteiger partial charge is 0.330 e. The highest BCUT2D eigenvalue weighted by Crippen LogP contribution is 1.87. The molecule has 100 valence electrons. The maximum atomic E-state index is 11.8. The van der Waals surface area contributed by atoms with Crippen molar-refractivity contribution in [3.8, 4) is 0 Å². The van der Waals surface area contributed by atoms with Gasteiger partial charge in [-0.25, -0.2) is 4.79 Å². The summed E-state index contributed by atoms with van der Waals surface area (Å²) in [4.78, 5) is 34.9. The van der Waals surface area contributed by atoms with E-state index in [0.29, 0.717) is 6.54 Å². The molecule has 1 amide bonds. The molecule has 1 aromatic heterocycles. The molecule has 0 unspecified atom stereocenters. The highest BCUT2D eigenvalue weighted by Gasteiger charge is 2.08. The second-order valence-corrected chi connectivity index (χ2v) is 4.35. The summed E-state index contributed by atoms with van der Waals surface area (Å²) >= 11 is 0. The van der Waals surface area contributed by atoms with Gasteiger partial charge < -0.3 is 9.88 Å². The number of amides is 1. The lowest BCUT2D eigenvalue weighted by Crippen LogP contribution is -2.40. The third kappa shape index (κ3) is 3.58. The van der Waals surface area contributed by atoms with E-state index < -0.39 is 0 Å². The van der Waals surface area contributed by atoms with Crippen molar-refractivity contribution in [3.63, 3.8) is 0 Å². The van der Waals surface area contributed by atoms with Crippen LogP contribution in [0.3, 0.4) is 0 Å². The molecule has 1 heterocycles. The van der Waals surface area contributed by atoms with Gasteiger partial charge in [-0.15, -0.1) is 0 Å². The highest BCUT2D eigenvalue weighted by atomic mass is 16.2. The van der Waals surface area contributed by atoms with Gasteiger partial charge in [-0.05, 0) is 20.8 Å². The topological polar surface area (TPSA) is 73.1 Å². The van der Waals surface area contributed by atoms with Crippen LogP contribution in [0.25, 0.3) is 0 Å². The van der Waals surface area contributed by atoms with E-state index in [1.165, 1.54) is 16.8 Å². The van der Waals surface area contributed by atoms with Crippen molar-refractivity contribution in [1.29, 1.82) is 0 Å². The number of hydrogen-bond acceptors (Lipinski definition) is 3. The number of hydrogen-bond donors (Lipinski definition) is 1. The van der Waals surface area contributed by atoms with Gasteiger partial charge in [0.15, 0.2) is 0 Å². The first-order valence-electron chi connectivity index (χ1n) is 6.05. The molecule has 0 saturated carbocycles. The Kier molecular flexibility index (Phi) is 4.88. The lowest BCUT2D eigenvalue weighted by atomic mass is 10.3. The van der Waals surface area contributed by atoms with E-state index in [0.717, 1.165) is 4.57 Å². The minimum absolute atomic E-state index is 0.0531. The number of aryl methyl sites for hydroxylation is 1. The summed E-state index contributed by atoms with van der Waals surface area (Å²) in [5.74, 6) is -0.164. The molecule has 1 aromatic rings. The predicted molar refractivity (Wildman–Crippen MR) is 68.5 cm³/mol. The van der Waals surface area contributed by atoms with Gasteiger partial charge in [0.2, 0.25) is 5.91 Å². The summed E-state index contributed by atoms with van der Waals surface area (Å²) < 4.78 is 2.52. The van der Waals surface area contributed by atoms with Crippen LogP contribution in [0, 0.1) is 0 Å². The molecule has 0 aliphatic rings. The molecule has 0 aromatic carbocycles. The summed E-state index contributed by atoms with van der Waals surface area (Å²) in [7, 11) is 0. The quantitative estimate of drug-likeness (QED) is 0.799. The third-order valence-corrected chi connectivity index (χ3v) is 2.49. The van der Waals surface area contributed by atoms with Crippen LogP contribution in [-0.4, -0.2) is 21.1 Å². The molecule has 0 atom stereocenters. The molecule has 0 bridgehead atoms. The average Bonchev–Trinajstić information content (AvgIpc) is 2.28. The van der Waals surface area contributed by atoms with Gasteiger partial charge in [0.1, 0.15) is 0 Å². The van der Waals surface area contributed by atoms with Crippen molar-refractivity contribution >= 4 is 5.91 Å². The Balaban J connectivity index is 2.82. The maximum Gasteiger partial charge on any atom is 0.330 e. The second-order valence-electron chi connectivity index (χ2n) is 4.35. The van der Waals surface area contributed by atoms with E-state index in [1.54, 1.807) is 0 Å². The molecule has 0 radical (unpaired) electrons. The van der Waals surface area contributed by atoms with Crippen molar-refractivity contribution in [2.24, 2.45) is 0 Å². The SMILES string of the molecule is CCn1ccc(=O)n(CCC(=O)NC(C)C)c1=O. The standard InChI is InChI=1S/C12H19N3O3/c1-4-14-7-6-11(17)15(12(14)18)8-5-10(16)13-9(2)3/h6-7,9H,4-5,8H2,1-3H3,(H,13,16). The number of carbonyl (C=O) groups excluding carboxylic acids is 1. The van der Waals surface area contributed by atoms with E-state index in [1.807, 2.05) is 20.8 Å². The predicted octanol–water partition coefficient (Wildman–Crippen LogP) is -0.0554. The number of carbonyl (C=O) groups is 1. The monoisotopic (exact) mass is 253 g/mol. The molecule has 0 fully saturated rings. The van der Waals surface area contributed by atoms with E-state index >= 15 is 0 Å². The fourth-order valence-corrected chi connectivity index (χ4v) is 1.61. The number of rotatable bonds is 5. The number of aromatic nitrogens is 2. The molecular formula is C12H19N3O3. The van der Waals surface area contributed by atoms with Crippen LogP contribution in [0.4, 0.5) is 0 Å². The summed E-state index contributed by atoms with van der Waals surface area (Å²) in [6.45, 7) is 6.14. The summed E-state index contributed by atoms with van der Waals surface area (Å²) in [6, 6.07) is 1.39. The number of nitrogens with zero attached hydrogens (tertiary/aromatic N) is 2. The van der Waals surface area contributed by atoms with Crippen molar-refractivity contribution in [3.05, 3.63) is 33.1 Å². The Labute approximate surface area is 105 Å². The normalized spacial score (nSPS) is 10.7. The largest absolute Gasteiger partial charge is 0.354 e. The molecule has 6 nitrogen and oxygen atoms in total. The van der Waals surface area contributed by atoms with Gasteiger partial charge in [-0.1, -0.05) is 0 Å². The maximum absolute atomic E-state index is 11.8. The molecular weight excluding hydrogens is 234 g/mol. The van der Waals surface area contributed by atoms with Crippen LogP contribution < -0.4 is 16.6 Å². The minimum Gasteiger partial charge on any atom is -0.354 e. The first-order chi connectivity index (χ1) is 8.45. The first-order valence-corrected chi connectivity index (χ1v) is 6.05. The van der Waals surface area contributed by atoms with E-state index in [-0.39, 0.29) is 36.2 Å². The fraction of sp³-hybridized carbons (Fsp3) is 0.583. The minimum atomic E-state index is -0.373. The lowest BCUT2D eigenvalue weighted by molar-refractivity contribution is -0.121. The van der Waals surface area contributed by atoms with Crippen LogP contribution >= 0.6 is 0 Å². The van der Waals surface area contributed by atoms with Crippen LogP contribution in [0.5, 0.6) is 0 Å². The van der Waals surface area contributed by atoms with Crippen LogP contribution in [-0.2, 0) is 17.9 Å². The van der Waals surface area contributed by atoms with Gasteiger partial charge >= 0.3 is 5.69 Å². The fourth-order valence-electron chi connectivity index (χ4n) is 1.61. The zero-order chi connectivity index (χ0) is 13.7. The third-order valence-electron chi connectivity index (χ3n) is 2.49. The molecule has 0 spiro atoms. The second kappa shape index (κ2) is 6.18. The Morgan fingerprint density at radius 1 is 1.39 bits per heavy atom. The van der Waals surface area contributed by atoms with E-state index in [4.69, 9.17) is 0 Å². The zero-order valence-corrected chi connectivity index (χ0v) is 11.0. The van der Waals surface area contributed by atoms with Gasteiger partial charge in [-0.3, -0.25) is 14.2 Å². The van der Waals surface area contributed by atoms with Crippen molar-refractivity contribution in [2.75, 3.05) is 0 Å². The summed E-state index contributed by atoms with van der Waals surface area (Å²) in [5, 5.41) is 2.72. The molecule has 18 heavy (non-hydrogen) atoms. The van der Waals surface area contributed by atoms with Gasteiger partial charge in [-0.2, -0.15) is 0 Å². The van der Waals surface area contributed by atoms with Crippen LogP contribution in [0.2, 0.25) is 0 Å². The molecule has 0 saturated heterocycles. The Bertz CT molecular complexity index is 528. The Morgan fingerprint density at radius 2 is 2.06 bits per heavy atom. The Morgan fingerprint density at radius 3 is 2.61 bits per heavy atom. The van der Waals surface area contributed by atoms with E-state index in [9.17, 15) is 14.4 Å². The van der Waals surface area contributed by atoms with Crippen LogP contribution in [0.15, 0.2) is 21.9 Å². The Hall–Kier alpha value is -1.85. The van der Waals surface area contributed by atoms with Gasteiger partial charge in [0, 0.05) is 37.8 Å². The van der Waals surface area contributed by atoms with Crippen molar-refractivity contribution < 1.29 is 4.79 Å². The average molecular weight is 253 g/mol. The highest BCUT2D eigenvalue weighted by molar-refractivity contribution is 5.76. The van der Waals surface area contributed by atoms with Crippen molar-refractivity contribution in [1.82, 2.24) is 14.5 Å². The van der Waals surface area contributed by atoms with E-state index in [2.05, 4.69) is 5.32 Å². The molecule has 0 aliphatic carbocycles. The molecule has 6 heteroatoms. The number of nitrogens with one attached hydrogen (secondary N) is 1. The molecule has 1 rings (SSSR count). The summed E-state index contributed by atoms with van der Waals surface area (Å²) in [6.07, 6.45) is 1.59. The molecule has 0 aliphatic heterocycles. The lowest BCUT2D eigenvalue weighted by Gasteiger charge is -2.10. The molecule has 1 N–H and O–H groups in total. The van der Waals surface area contributed by atoms with Gasteiger partial charge in [0.25, 0.3) is 5.56 Å². The first kappa shape index (κ1) is 14.2.